The topological polar surface area (TPSA) is 62.3 Å². The van der Waals surface area contributed by atoms with Crippen molar-refractivity contribution in [2.75, 3.05) is 7.11 Å². The summed E-state index contributed by atoms with van der Waals surface area (Å²) in [7, 11) is 1.57. The maximum absolute atomic E-state index is 14.2. The van der Waals surface area contributed by atoms with Gasteiger partial charge in [0, 0.05) is 23.0 Å². The van der Waals surface area contributed by atoms with Crippen LogP contribution in [-0.2, 0) is 4.79 Å². The van der Waals surface area contributed by atoms with E-state index in [0.29, 0.717) is 11.3 Å². The lowest BCUT2D eigenvalue weighted by atomic mass is 9.88. The van der Waals surface area contributed by atoms with Crippen molar-refractivity contribution >= 4 is 16.9 Å². The van der Waals surface area contributed by atoms with Gasteiger partial charge >= 0.3 is 5.97 Å². The number of aromatic nitrogens is 1. The molecule has 0 aliphatic rings. The lowest BCUT2D eigenvalue weighted by Gasteiger charge is -2.16. The van der Waals surface area contributed by atoms with Gasteiger partial charge in [-0.3, -0.25) is 4.79 Å². The molecule has 0 fully saturated rings. The van der Waals surface area contributed by atoms with Crippen LogP contribution < -0.4 is 4.74 Å². The highest BCUT2D eigenvalue weighted by Gasteiger charge is 2.23. The predicted octanol–water partition coefficient (Wildman–Crippen LogP) is 3.92. The summed E-state index contributed by atoms with van der Waals surface area (Å²) in [4.78, 5) is 14.4. The second-order valence-electron chi connectivity index (χ2n) is 5.33. The summed E-state index contributed by atoms with van der Waals surface area (Å²) >= 11 is 0. The summed E-state index contributed by atoms with van der Waals surface area (Å²) in [5.41, 5.74) is 1.97. The van der Waals surface area contributed by atoms with Crippen molar-refractivity contribution in [1.29, 1.82) is 0 Å². The van der Waals surface area contributed by atoms with Crippen molar-refractivity contribution in [2.45, 2.75) is 12.3 Å². The molecule has 0 amide bonds. The molecule has 0 radical (unpaired) electrons. The molecule has 1 heterocycles. The molecule has 0 aliphatic heterocycles. The van der Waals surface area contributed by atoms with Gasteiger partial charge in [0.25, 0.3) is 0 Å². The van der Waals surface area contributed by atoms with E-state index in [-0.39, 0.29) is 6.42 Å². The van der Waals surface area contributed by atoms with Crippen molar-refractivity contribution in [3.05, 3.63) is 65.6 Å². The minimum atomic E-state index is -0.976. The van der Waals surface area contributed by atoms with E-state index >= 15 is 0 Å². The van der Waals surface area contributed by atoms with Gasteiger partial charge < -0.3 is 14.8 Å². The number of carbonyl (C=O) groups is 1. The Hall–Kier alpha value is -2.82. The first-order valence-electron chi connectivity index (χ1n) is 7.21. The summed E-state index contributed by atoms with van der Waals surface area (Å²) in [5, 5.41) is 10.1. The molecule has 2 N–H and O–H groups in total. The van der Waals surface area contributed by atoms with Crippen LogP contribution in [0, 0.1) is 5.82 Å². The highest BCUT2D eigenvalue weighted by molar-refractivity contribution is 5.86. The van der Waals surface area contributed by atoms with Crippen molar-refractivity contribution < 1.29 is 19.0 Å². The van der Waals surface area contributed by atoms with Gasteiger partial charge in [0.05, 0.1) is 13.5 Å². The third-order valence-corrected chi connectivity index (χ3v) is 3.96. The number of carboxylic acid groups (broad SMARTS) is 1. The monoisotopic (exact) mass is 313 g/mol. The molecular formula is C18H16FNO3. The summed E-state index contributed by atoms with van der Waals surface area (Å²) in [6, 6.07) is 11.8. The zero-order valence-corrected chi connectivity index (χ0v) is 12.5. The number of hydrogen-bond donors (Lipinski definition) is 2. The number of benzene rings is 2. The summed E-state index contributed by atoms with van der Waals surface area (Å²) in [5.74, 6) is -1.29. The Bertz CT molecular complexity index is 856. The maximum atomic E-state index is 14.2. The van der Waals surface area contributed by atoms with Crippen LogP contribution in [0.4, 0.5) is 4.39 Å². The second kappa shape index (κ2) is 6.12. The molecule has 2 aromatic carbocycles. The molecule has 0 bridgehead atoms. The number of nitrogens with one attached hydrogen (secondary N) is 1. The Morgan fingerprint density at radius 3 is 2.74 bits per heavy atom. The van der Waals surface area contributed by atoms with Crippen LogP contribution in [0.15, 0.2) is 48.7 Å². The van der Waals surface area contributed by atoms with Gasteiger partial charge in [-0.15, -0.1) is 0 Å². The molecule has 5 heteroatoms. The first-order chi connectivity index (χ1) is 11.1. The predicted molar refractivity (Wildman–Crippen MR) is 85.3 cm³/mol. The second-order valence-corrected chi connectivity index (χ2v) is 5.33. The lowest BCUT2D eigenvalue weighted by Crippen LogP contribution is -2.09. The van der Waals surface area contributed by atoms with Crippen LogP contribution in [-0.4, -0.2) is 23.2 Å². The van der Waals surface area contributed by atoms with E-state index in [9.17, 15) is 14.3 Å². The minimum absolute atomic E-state index is 0.189. The number of fused-ring (bicyclic) bond motifs is 1. The summed E-state index contributed by atoms with van der Waals surface area (Å²) in [6.45, 7) is 0. The lowest BCUT2D eigenvalue weighted by molar-refractivity contribution is -0.137. The Morgan fingerprint density at radius 2 is 2.04 bits per heavy atom. The Morgan fingerprint density at radius 1 is 1.26 bits per heavy atom. The standard InChI is InChI=1S/C18H16FNO3/c1-23-11-6-7-17-14(8-11)15(10-20-17)13(9-18(21)22)12-4-2-3-5-16(12)19/h2-8,10,13,20H,9H2,1H3,(H,21,22). The van der Waals surface area contributed by atoms with E-state index in [0.717, 1.165) is 16.5 Å². The van der Waals surface area contributed by atoms with E-state index in [1.807, 2.05) is 18.2 Å². The number of aromatic amines is 1. The maximum Gasteiger partial charge on any atom is 0.304 e. The number of aliphatic carboxylic acids is 1. The normalized spacial score (nSPS) is 12.3. The fourth-order valence-corrected chi connectivity index (χ4v) is 2.86. The molecule has 0 aliphatic carbocycles. The highest BCUT2D eigenvalue weighted by atomic mass is 19.1. The first-order valence-corrected chi connectivity index (χ1v) is 7.21. The van der Waals surface area contributed by atoms with Crippen LogP contribution >= 0.6 is 0 Å². The molecule has 0 saturated heterocycles. The van der Waals surface area contributed by atoms with Gasteiger partial charge in [0.15, 0.2) is 0 Å². The van der Waals surface area contributed by atoms with Gasteiger partial charge in [0.1, 0.15) is 11.6 Å². The van der Waals surface area contributed by atoms with E-state index in [1.165, 1.54) is 6.07 Å². The first kappa shape index (κ1) is 15.1. The number of H-pyrrole nitrogens is 1. The molecule has 0 spiro atoms. The van der Waals surface area contributed by atoms with Crippen molar-refractivity contribution in [2.24, 2.45) is 0 Å². The van der Waals surface area contributed by atoms with Crippen LogP contribution in [0.1, 0.15) is 23.5 Å². The van der Waals surface area contributed by atoms with Gasteiger partial charge in [-0.1, -0.05) is 18.2 Å². The molecular weight excluding hydrogens is 297 g/mol. The van der Waals surface area contributed by atoms with Crippen LogP contribution in [0.25, 0.3) is 10.9 Å². The number of halogens is 1. The van der Waals surface area contributed by atoms with Crippen LogP contribution in [0.3, 0.4) is 0 Å². The fourth-order valence-electron chi connectivity index (χ4n) is 2.86. The van der Waals surface area contributed by atoms with E-state index in [4.69, 9.17) is 4.74 Å². The van der Waals surface area contributed by atoms with Crippen molar-refractivity contribution in [1.82, 2.24) is 4.98 Å². The molecule has 118 valence electrons. The molecule has 1 unspecified atom stereocenters. The van der Waals surface area contributed by atoms with Crippen molar-refractivity contribution in [3.63, 3.8) is 0 Å². The summed E-state index contributed by atoms with van der Waals surface area (Å²) in [6.07, 6.45) is 1.55. The van der Waals surface area contributed by atoms with Gasteiger partial charge in [-0.05, 0) is 35.4 Å². The average Bonchev–Trinajstić information content (AvgIpc) is 2.96. The van der Waals surface area contributed by atoms with Crippen LogP contribution in [0.5, 0.6) is 5.75 Å². The molecule has 3 aromatic rings. The smallest absolute Gasteiger partial charge is 0.304 e. The van der Waals surface area contributed by atoms with Crippen molar-refractivity contribution in [3.8, 4) is 5.75 Å². The van der Waals surface area contributed by atoms with Gasteiger partial charge in [-0.25, -0.2) is 4.39 Å². The SMILES string of the molecule is COc1ccc2[nH]cc(C(CC(=O)O)c3ccccc3F)c2c1. The Balaban J connectivity index is 2.17. The number of hydrogen-bond acceptors (Lipinski definition) is 2. The van der Waals surface area contributed by atoms with E-state index in [2.05, 4.69) is 4.98 Å². The Kier molecular flexibility index (Phi) is 4.02. The van der Waals surface area contributed by atoms with Gasteiger partial charge in [-0.2, -0.15) is 0 Å². The zero-order valence-electron chi connectivity index (χ0n) is 12.5. The number of carboxylic acids is 1. The third-order valence-electron chi connectivity index (χ3n) is 3.96. The number of methoxy groups -OCH3 is 1. The number of rotatable bonds is 5. The zero-order chi connectivity index (χ0) is 16.4. The Labute approximate surface area is 132 Å². The van der Waals surface area contributed by atoms with Crippen LogP contribution in [0.2, 0.25) is 0 Å². The summed E-state index contributed by atoms with van der Waals surface area (Å²) < 4.78 is 19.4. The minimum Gasteiger partial charge on any atom is -0.497 e. The van der Waals surface area contributed by atoms with E-state index in [1.54, 1.807) is 31.5 Å². The molecule has 0 saturated carbocycles. The quantitative estimate of drug-likeness (QED) is 0.750. The van der Waals surface area contributed by atoms with Gasteiger partial charge in [0.2, 0.25) is 0 Å². The molecule has 4 nitrogen and oxygen atoms in total. The molecule has 3 rings (SSSR count). The highest BCUT2D eigenvalue weighted by Crippen LogP contribution is 2.35. The molecule has 1 atom stereocenters. The largest absolute Gasteiger partial charge is 0.497 e. The molecule has 23 heavy (non-hydrogen) atoms. The molecule has 1 aromatic heterocycles. The number of ether oxygens (including phenoxy) is 1. The third kappa shape index (κ3) is 2.90. The van der Waals surface area contributed by atoms with E-state index < -0.39 is 17.7 Å². The fraction of sp³-hybridized carbons (Fsp3) is 0.167. The average molecular weight is 313 g/mol.